The monoisotopic (exact) mass is 453 g/mol. The topological polar surface area (TPSA) is 45.7 Å². The van der Waals surface area contributed by atoms with E-state index in [4.69, 9.17) is 21.3 Å². The largest absolute Gasteiger partial charge is 0.494 e. The Kier molecular flexibility index (Phi) is 8.71. The first-order valence-corrected chi connectivity index (χ1v) is 10.3. The quantitative estimate of drug-likeness (QED) is 0.486. The number of amides is 1. The van der Waals surface area contributed by atoms with Crippen LogP contribution >= 0.6 is 35.3 Å². The number of fused-ring (bicyclic) bond motifs is 1. The van der Waals surface area contributed by atoms with Crippen LogP contribution in [0.15, 0.2) is 42.5 Å². The number of ether oxygens (including phenoxy) is 1. The first kappa shape index (κ1) is 23.4. The van der Waals surface area contributed by atoms with Gasteiger partial charge in [-0.05, 0) is 44.8 Å². The summed E-state index contributed by atoms with van der Waals surface area (Å²) in [4.78, 5) is 21.7. The molecule has 3 aromatic rings. The third-order valence-corrected chi connectivity index (χ3v) is 5.92. The van der Waals surface area contributed by atoms with Crippen molar-refractivity contribution in [3.05, 3.63) is 53.1 Å². The Morgan fingerprint density at radius 2 is 1.86 bits per heavy atom. The first-order valence-electron chi connectivity index (χ1n) is 9.11. The maximum Gasteiger partial charge on any atom is 0.233 e. The summed E-state index contributed by atoms with van der Waals surface area (Å²) in [6, 6.07) is 13.4. The second-order valence-corrected chi connectivity index (χ2v) is 8.17. The van der Waals surface area contributed by atoms with E-state index in [1.165, 1.54) is 11.3 Å². The molecule has 29 heavy (non-hydrogen) atoms. The normalized spacial score (nSPS) is 10.8. The average molecular weight is 454 g/mol. The molecule has 0 fully saturated rings. The molecule has 0 radical (unpaired) electrons. The van der Waals surface area contributed by atoms with Gasteiger partial charge < -0.3 is 9.64 Å². The SMILES string of the molecule is COc1ccc(Cl)c2sc(N(CCCN(C)C)C(=O)Cc3ccccc3)nc12.Cl. The van der Waals surface area contributed by atoms with Gasteiger partial charge in [0.05, 0.1) is 23.3 Å². The van der Waals surface area contributed by atoms with Gasteiger partial charge in [0.2, 0.25) is 5.91 Å². The number of carbonyl (C=O) groups is 1. The van der Waals surface area contributed by atoms with Crippen LogP contribution in [0.1, 0.15) is 12.0 Å². The van der Waals surface area contributed by atoms with Crippen molar-refractivity contribution in [1.29, 1.82) is 0 Å². The standard InChI is InChI=1S/C21H24ClN3O2S.ClH/c1-24(2)12-7-13-25(18(26)14-15-8-5-4-6-9-15)21-23-19-17(27-3)11-10-16(22)20(19)28-21;/h4-6,8-11H,7,12-14H2,1-3H3;1H. The molecule has 0 aliphatic heterocycles. The van der Waals surface area contributed by atoms with Crippen molar-refractivity contribution in [2.45, 2.75) is 12.8 Å². The molecule has 0 unspecified atom stereocenters. The number of hydrogen-bond donors (Lipinski definition) is 0. The summed E-state index contributed by atoms with van der Waals surface area (Å²) in [6.07, 6.45) is 1.19. The van der Waals surface area contributed by atoms with Crippen LogP contribution in [-0.2, 0) is 11.2 Å². The molecule has 0 saturated carbocycles. The smallest absolute Gasteiger partial charge is 0.233 e. The summed E-state index contributed by atoms with van der Waals surface area (Å²) >= 11 is 7.79. The van der Waals surface area contributed by atoms with Crippen molar-refractivity contribution < 1.29 is 9.53 Å². The summed E-state index contributed by atoms with van der Waals surface area (Å²) in [5.41, 5.74) is 1.68. The number of anilines is 1. The van der Waals surface area contributed by atoms with Crippen molar-refractivity contribution >= 4 is 56.6 Å². The van der Waals surface area contributed by atoms with Gasteiger partial charge in [-0.3, -0.25) is 9.69 Å². The molecule has 0 N–H and O–H groups in total. The van der Waals surface area contributed by atoms with Gasteiger partial charge in [-0.15, -0.1) is 12.4 Å². The molecule has 1 aromatic heterocycles. The Hall–Kier alpha value is -1.86. The predicted octanol–water partition coefficient (Wildman–Crippen LogP) is 4.91. The first-order chi connectivity index (χ1) is 13.5. The molecule has 5 nitrogen and oxygen atoms in total. The van der Waals surface area contributed by atoms with Crippen LogP contribution in [-0.4, -0.2) is 50.1 Å². The van der Waals surface area contributed by atoms with Crippen LogP contribution in [0.4, 0.5) is 5.13 Å². The van der Waals surface area contributed by atoms with Crippen molar-refractivity contribution in [2.75, 3.05) is 39.2 Å². The van der Waals surface area contributed by atoms with Gasteiger partial charge >= 0.3 is 0 Å². The van der Waals surface area contributed by atoms with Crippen molar-refractivity contribution in [3.8, 4) is 5.75 Å². The maximum absolute atomic E-state index is 13.1. The predicted molar refractivity (Wildman–Crippen MR) is 124 cm³/mol. The molecule has 2 aromatic carbocycles. The number of carbonyl (C=O) groups excluding carboxylic acids is 1. The van der Waals surface area contributed by atoms with Crippen LogP contribution in [0.5, 0.6) is 5.75 Å². The van der Waals surface area contributed by atoms with Gasteiger partial charge in [-0.1, -0.05) is 53.3 Å². The molecular weight excluding hydrogens is 429 g/mol. The van der Waals surface area contributed by atoms with Crippen molar-refractivity contribution in [2.24, 2.45) is 0 Å². The van der Waals surface area contributed by atoms with Crippen LogP contribution in [0.2, 0.25) is 5.02 Å². The van der Waals surface area contributed by atoms with E-state index in [1.807, 2.05) is 44.4 Å². The van der Waals surface area contributed by atoms with E-state index in [0.717, 1.165) is 23.2 Å². The number of hydrogen-bond acceptors (Lipinski definition) is 5. The molecule has 0 aliphatic carbocycles. The molecule has 0 aliphatic rings. The van der Waals surface area contributed by atoms with E-state index in [0.29, 0.717) is 34.4 Å². The zero-order chi connectivity index (χ0) is 20.1. The minimum atomic E-state index is 0. The van der Waals surface area contributed by atoms with E-state index in [1.54, 1.807) is 24.1 Å². The zero-order valence-corrected chi connectivity index (χ0v) is 19.1. The van der Waals surface area contributed by atoms with Crippen molar-refractivity contribution in [3.63, 3.8) is 0 Å². The zero-order valence-electron chi connectivity index (χ0n) is 16.7. The third-order valence-electron chi connectivity index (χ3n) is 4.38. The van der Waals surface area contributed by atoms with Gasteiger partial charge in [-0.2, -0.15) is 0 Å². The lowest BCUT2D eigenvalue weighted by Crippen LogP contribution is -2.34. The van der Waals surface area contributed by atoms with E-state index < -0.39 is 0 Å². The van der Waals surface area contributed by atoms with Crippen molar-refractivity contribution in [1.82, 2.24) is 9.88 Å². The Labute approximate surface area is 186 Å². The lowest BCUT2D eigenvalue weighted by Gasteiger charge is -2.21. The second-order valence-electron chi connectivity index (χ2n) is 6.79. The minimum absolute atomic E-state index is 0. The molecule has 0 bridgehead atoms. The lowest BCUT2D eigenvalue weighted by molar-refractivity contribution is -0.118. The third kappa shape index (κ3) is 5.82. The highest BCUT2D eigenvalue weighted by molar-refractivity contribution is 7.23. The average Bonchev–Trinajstić information content (AvgIpc) is 3.12. The highest BCUT2D eigenvalue weighted by Crippen LogP contribution is 2.38. The van der Waals surface area contributed by atoms with Gasteiger partial charge in [0.25, 0.3) is 0 Å². The Balaban J connectivity index is 0.00000300. The van der Waals surface area contributed by atoms with Gasteiger partial charge in [0.1, 0.15) is 11.3 Å². The molecule has 156 valence electrons. The number of aromatic nitrogens is 1. The summed E-state index contributed by atoms with van der Waals surface area (Å²) in [5, 5.41) is 1.27. The second kappa shape index (κ2) is 10.8. The fraction of sp³-hybridized carbons (Fsp3) is 0.333. The van der Waals surface area contributed by atoms with Crippen LogP contribution in [0.3, 0.4) is 0 Å². The number of benzene rings is 2. The minimum Gasteiger partial charge on any atom is -0.494 e. The van der Waals surface area contributed by atoms with Crippen LogP contribution in [0, 0.1) is 0 Å². The number of rotatable bonds is 8. The Bertz CT molecular complexity index is 948. The van der Waals surface area contributed by atoms with Gasteiger partial charge in [0, 0.05) is 6.54 Å². The highest BCUT2D eigenvalue weighted by Gasteiger charge is 2.22. The molecular formula is C21H25Cl2N3O2S. The maximum atomic E-state index is 13.1. The number of nitrogens with zero attached hydrogens (tertiary/aromatic N) is 3. The molecule has 3 rings (SSSR count). The molecule has 0 spiro atoms. The summed E-state index contributed by atoms with van der Waals surface area (Å²) < 4.78 is 6.25. The summed E-state index contributed by atoms with van der Waals surface area (Å²) in [6.45, 7) is 1.49. The molecule has 0 atom stereocenters. The fourth-order valence-electron chi connectivity index (χ4n) is 2.96. The Morgan fingerprint density at radius 1 is 1.14 bits per heavy atom. The van der Waals surface area contributed by atoms with Crippen LogP contribution in [0.25, 0.3) is 10.2 Å². The molecule has 0 saturated heterocycles. The summed E-state index contributed by atoms with van der Waals surface area (Å²) in [5.74, 6) is 0.685. The Morgan fingerprint density at radius 3 is 2.52 bits per heavy atom. The summed E-state index contributed by atoms with van der Waals surface area (Å²) in [7, 11) is 5.66. The van der Waals surface area contributed by atoms with Gasteiger partial charge in [-0.25, -0.2) is 4.98 Å². The van der Waals surface area contributed by atoms with E-state index >= 15 is 0 Å². The van der Waals surface area contributed by atoms with E-state index in [2.05, 4.69) is 4.90 Å². The van der Waals surface area contributed by atoms with E-state index in [9.17, 15) is 4.79 Å². The highest BCUT2D eigenvalue weighted by atomic mass is 35.5. The number of halogens is 2. The molecule has 1 heterocycles. The fourth-order valence-corrected chi connectivity index (χ4v) is 4.26. The molecule has 1 amide bonds. The lowest BCUT2D eigenvalue weighted by atomic mass is 10.1. The van der Waals surface area contributed by atoms with E-state index in [-0.39, 0.29) is 18.3 Å². The molecule has 8 heteroatoms. The van der Waals surface area contributed by atoms with Gasteiger partial charge in [0.15, 0.2) is 5.13 Å². The number of methoxy groups -OCH3 is 1. The van der Waals surface area contributed by atoms with Crippen LogP contribution < -0.4 is 9.64 Å². The number of thiazole rings is 1.